The van der Waals surface area contributed by atoms with Crippen LogP contribution in [0, 0.1) is 0 Å². The van der Waals surface area contributed by atoms with Crippen molar-refractivity contribution in [3.63, 3.8) is 0 Å². The number of aromatic amines is 1. The molecule has 0 radical (unpaired) electrons. The molecule has 144 valence electrons. The van der Waals surface area contributed by atoms with Crippen LogP contribution in [0.25, 0.3) is 11.4 Å². The summed E-state index contributed by atoms with van der Waals surface area (Å²) in [4.78, 5) is 31.1. The number of rotatable bonds is 4. The molecule has 2 atom stereocenters. The van der Waals surface area contributed by atoms with Crippen molar-refractivity contribution in [2.24, 2.45) is 7.05 Å². The molecule has 3 aromatic rings. The normalized spacial score (nSPS) is 19.0. The average molecular weight is 378 g/mol. The van der Waals surface area contributed by atoms with Crippen LogP contribution in [0.4, 0.5) is 0 Å². The molecule has 0 spiro atoms. The van der Waals surface area contributed by atoms with Gasteiger partial charge in [0.25, 0.3) is 5.91 Å². The highest BCUT2D eigenvalue weighted by Crippen LogP contribution is 2.32. The van der Waals surface area contributed by atoms with Gasteiger partial charge in [0.1, 0.15) is 11.5 Å². The highest BCUT2D eigenvalue weighted by Gasteiger charge is 2.39. The second-order valence-corrected chi connectivity index (χ2v) is 7.02. The summed E-state index contributed by atoms with van der Waals surface area (Å²) >= 11 is 0. The van der Waals surface area contributed by atoms with Crippen LogP contribution in [-0.4, -0.2) is 49.0 Å². The number of nitrogens with zero attached hydrogens (tertiary/aromatic N) is 4. The van der Waals surface area contributed by atoms with Crippen LogP contribution >= 0.6 is 0 Å². The number of hydrogen-bond donors (Lipinski definition) is 2. The van der Waals surface area contributed by atoms with E-state index in [-0.39, 0.29) is 23.9 Å². The molecule has 28 heavy (non-hydrogen) atoms. The van der Waals surface area contributed by atoms with Crippen molar-refractivity contribution in [1.82, 2.24) is 30.0 Å². The number of benzene rings is 1. The molecule has 8 nitrogen and oxygen atoms in total. The molecular formula is C20H22N6O2. The first kappa shape index (κ1) is 18.0. The molecule has 2 amide bonds. The van der Waals surface area contributed by atoms with Crippen LogP contribution in [0.15, 0.2) is 48.7 Å². The Bertz CT molecular complexity index is 993. The van der Waals surface area contributed by atoms with E-state index in [1.807, 2.05) is 49.6 Å². The Morgan fingerprint density at radius 1 is 1.18 bits per heavy atom. The maximum absolute atomic E-state index is 13.2. The van der Waals surface area contributed by atoms with Gasteiger partial charge in [0.2, 0.25) is 5.91 Å². The fraction of sp³-hybridized carbons (Fsp3) is 0.300. The van der Waals surface area contributed by atoms with Crippen molar-refractivity contribution in [2.45, 2.75) is 25.4 Å². The third-order valence-electron chi connectivity index (χ3n) is 4.98. The van der Waals surface area contributed by atoms with E-state index in [4.69, 9.17) is 0 Å². The molecule has 3 heterocycles. The van der Waals surface area contributed by atoms with E-state index in [1.54, 1.807) is 15.5 Å². The Balaban J connectivity index is 1.64. The first-order valence-corrected chi connectivity index (χ1v) is 9.20. The molecule has 0 unspecified atom stereocenters. The van der Waals surface area contributed by atoms with E-state index in [2.05, 4.69) is 20.5 Å². The summed E-state index contributed by atoms with van der Waals surface area (Å²) in [6.45, 7) is 1.91. The standard InChI is InChI=1S/C20H22N6O2/c1-13(27)21-15-11-17(26(12-15)20(28)16-9-6-10-25(16)2)19-22-18(23-24-19)14-7-4-3-5-8-14/h3-10,15,17H,11-12H2,1-2H3,(H,21,27)(H,22,23,24)/t15-,17-/m0/s1. The number of amides is 2. The topological polar surface area (TPSA) is 95.9 Å². The Morgan fingerprint density at radius 3 is 2.64 bits per heavy atom. The fourth-order valence-corrected chi connectivity index (χ4v) is 3.68. The van der Waals surface area contributed by atoms with E-state index in [9.17, 15) is 9.59 Å². The van der Waals surface area contributed by atoms with E-state index < -0.39 is 0 Å². The average Bonchev–Trinajstić information content (AvgIpc) is 3.40. The number of H-pyrrole nitrogens is 1. The lowest BCUT2D eigenvalue weighted by atomic mass is 10.1. The summed E-state index contributed by atoms with van der Waals surface area (Å²) in [7, 11) is 1.84. The van der Waals surface area contributed by atoms with Gasteiger partial charge in [-0.15, -0.1) is 0 Å². The van der Waals surface area contributed by atoms with Gasteiger partial charge in [0.15, 0.2) is 5.82 Å². The first-order chi connectivity index (χ1) is 13.5. The minimum absolute atomic E-state index is 0.0944. The van der Waals surface area contributed by atoms with Crippen molar-refractivity contribution >= 4 is 11.8 Å². The van der Waals surface area contributed by atoms with Crippen LogP contribution in [0.2, 0.25) is 0 Å². The van der Waals surface area contributed by atoms with Gasteiger partial charge in [-0.05, 0) is 18.6 Å². The molecule has 8 heteroatoms. The third kappa shape index (κ3) is 3.40. The minimum Gasteiger partial charge on any atom is -0.352 e. The van der Waals surface area contributed by atoms with Gasteiger partial charge in [-0.1, -0.05) is 30.3 Å². The van der Waals surface area contributed by atoms with Crippen LogP contribution in [0.3, 0.4) is 0 Å². The van der Waals surface area contributed by atoms with Gasteiger partial charge in [0.05, 0.1) is 6.04 Å². The smallest absolute Gasteiger partial charge is 0.271 e. The van der Waals surface area contributed by atoms with Gasteiger partial charge in [-0.2, -0.15) is 5.10 Å². The largest absolute Gasteiger partial charge is 0.352 e. The van der Waals surface area contributed by atoms with Gasteiger partial charge < -0.3 is 14.8 Å². The van der Waals surface area contributed by atoms with E-state index in [0.29, 0.717) is 30.3 Å². The van der Waals surface area contributed by atoms with Gasteiger partial charge in [-0.3, -0.25) is 14.7 Å². The van der Waals surface area contributed by atoms with E-state index in [0.717, 1.165) is 5.56 Å². The molecule has 1 aliphatic rings. The zero-order valence-electron chi connectivity index (χ0n) is 15.8. The molecule has 4 rings (SSSR count). The molecule has 2 aromatic heterocycles. The molecule has 1 aliphatic heterocycles. The predicted molar refractivity (Wildman–Crippen MR) is 103 cm³/mol. The predicted octanol–water partition coefficient (Wildman–Crippen LogP) is 1.90. The maximum atomic E-state index is 13.2. The van der Waals surface area contributed by atoms with Crippen molar-refractivity contribution in [3.05, 3.63) is 60.2 Å². The number of carbonyl (C=O) groups excluding carboxylic acids is 2. The second-order valence-electron chi connectivity index (χ2n) is 7.02. The minimum atomic E-state index is -0.288. The number of nitrogens with one attached hydrogen (secondary N) is 2. The Kier molecular flexibility index (Phi) is 4.68. The Hall–Kier alpha value is -3.42. The fourth-order valence-electron chi connectivity index (χ4n) is 3.68. The van der Waals surface area contributed by atoms with Crippen molar-refractivity contribution in [1.29, 1.82) is 0 Å². The SMILES string of the molecule is CC(=O)N[C@H]1C[C@@H](c2nc(-c3ccccc3)n[nH]2)N(C(=O)c2cccn2C)C1. The van der Waals surface area contributed by atoms with Gasteiger partial charge >= 0.3 is 0 Å². The molecule has 0 saturated carbocycles. The lowest BCUT2D eigenvalue weighted by Crippen LogP contribution is -2.38. The quantitative estimate of drug-likeness (QED) is 0.725. The number of likely N-dealkylation sites (tertiary alicyclic amines) is 1. The molecule has 1 fully saturated rings. The van der Waals surface area contributed by atoms with Gasteiger partial charge in [0, 0.05) is 38.3 Å². The molecule has 1 saturated heterocycles. The number of aromatic nitrogens is 4. The molecule has 2 N–H and O–H groups in total. The highest BCUT2D eigenvalue weighted by atomic mass is 16.2. The van der Waals surface area contributed by atoms with Crippen molar-refractivity contribution in [3.8, 4) is 11.4 Å². The zero-order chi connectivity index (χ0) is 19.7. The van der Waals surface area contributed by atoms with Crippen molar-refractivity contribution < 1.29 is 9.59 Å². The number of aryl methyl sites for hydroxylation is 1. The molecule has 1 aromatic carbocycles. The van der Waals surface area contributed by atoms with Gasteiger partial charge in [-0.25, -0.2) is 4.98 Å². The summed E-state index contributed by atoms with van der Waals surface area (Å²) in [5, 5.41) is 10.2. The summed E-state index contributed by atoms with van der Waals surface area (Å²) in [6, 6.07) is 12.9. The third-order valence-corrected chi connectivity index (χ3v) is 4.98. The molecule has 0 aliphatic carbocycles. The summed E-state index contributed by atoms with van der Waals surface area (Å²) in [6.07, 6.45) is 2.42. The summed E-state index contributed by atoms with van der Waals surface area (Å²) < 4.78 is 1.79. The lowest BCUT2D eigenvalue weighted by molar-refractivity contribution is -0.119. The van der Waals surface area contributed by atoms with Crippen LogP contribution < -0.4 is 5.32 Å². The number of hydrogen-bond acceptors (Lipinski definition) is 4. The Labute approximate surface area is 162 Å². The van der Waals surface area contributed by atoms with E-state index in [1.165, 1.54) is 6.92 Å². The van der Waals surface area contributed by atoms with Crippen LogP contribution in [0.1, 0.15) is 35.7 Å². The second kappa shape index (κ2) is 7.30. The van der Waals surface area contributed by atoms with Crippen molar-refractivity contribution in [2.75, 3.05) is 6.54 Å². The van der Waals surface area contributed by atoms with Crippen LogP contribution in [0.5, 0.6) is 0 Å². The highest BCUT2D eigenvalue weighted by molar-refractivity contribution is 5.93. The lowest BCUT2D eigenvalue weighted by Gasteiger charge is -2.23. The number of carbonyl (C=O) groups is 2. The summed E-state index contributed by atoms with van der Waals surface area (Å²) in [5.74, 6) is 1.00. The molecule has 0 bridgehead atoms. The maximum Gasteiger partial charge on any atom is 0.271 e. The summed E-state index contributed by atoms with van der Waals surface area (Å²) in [5.41, 5.74) is 1.50. The Morgan fingerprint density at radius 2 is 1.96 bits per heavy atom. The zero-order valence-corrected chi connectivity index (χ0v) is 15.8. The molecular weight excluding hydrogens is 356 g/mol. The van der Waals surface area contributed by atoms with Crippen LogP contribution in [-0.2, 0) is 11.8 Å². The van der Waals surface area contributed by atoms with E-state index >= 15 is 0 Å². The first-order valence-electron chi connectivity index (χ1n) is 9.20. The monoisotopic (exact) mass is 378 g/mol.